The molecule has 1 aliphatic rings. The average molecular weight is 285 g/mol. The molecule has 0 unspecified atom stereocenters. The number of carbonyl (C=O) groups excluding carboxylic acids is 1. The maximum atomic E-state index is 12.2. The van der Waals surface area contributed by atoms with Crippen molar-refractivity contribution in [1.29, 1.82) is 0 Å². The number of hydrogen-bond donors (Lipinski definition) is 1. The van der Waals surface area contributed by atoms with E-state index in [9.17, 15) is 13.6 Å². The zero-order valence-electron chi connectivity index (χ0n) is 10.9. The molecule has 0 heterocycles. The molecule has 0 spiro atoms. The van der Waals surface area contributed by atoms with Crippen LogP contribution in [0.2, 0.25) is 0 Å². The van der Waals surface area contributed by atoms with Gasteiger partial charge in [-0.1, -0.05) is 30.3 Å². The molecule has 2 rings (SSSR count). The Kier molecular flexibility index (Phi) is 5.29. The first-order valence-electron chi connectivity index (χ1n) is 6.56. The first kappa shape index (κ1) is 14.7. The van der Waals surface area contributed by atoms with Crippen molar-refractivity contribution in [3.05, 3.63) is 35.9 Å². The number of nitrogens with one attached hydrogen (secondary N) is 1. The topological polar surface area (TPSA) is 47.6 Å². The summed E-state index contributed by atoms with van der Waals surface area (Å²) >= 11 is 0. The van der Waals surface area contributed by atoms with E-state index in [-0.39, 0.29) is 6.61 Å². The van der Waals surface area contributed by atoms with Crippen LogP contribution in [0.3, 0.4) is 0 Å². The van der Waals surface area contributed by atoms with E-state index in [0.717, 1.165) is 12.0 Å². The number of rotatable bonds is 5. The van der Waals surface area contributed by atoms with E-state index in [0.29, 0.717) is 12.8 Å². The summed E-state index contributed by atoms with van der Waals surface area (Å²) < 4.78 is 33.9. The SMILES string of the molecule is O=C(N[C@H]1CCC[C@H]1OC(F)F)OCc1ccccc1. The zero-order valence-corrected chi connectivity index (χ0v) is 10.9. The molecule has 4 nitrogen and oxygen atoms in total. The summed E-state index contributed by atoms with van der Waals surface area (Å²) in [6.07, 6.45) is 0.648. The van der Waals surface area contributed by atoms with Gasteiger partial charge in [-0.2, -0.15) is 8.78 Å². The molecule has 0 aliphatic heterocycles. The lowest BCUT2D eigenvalue weighted by atomic mass is 10.2. The third-order valence-corrected chi connectivity index (χ3v) is 3.25. The van der Waals surface area contributed by atoms with Crippen molar-refractivity contribution in [1.82, 2.24) is 5.32 Å². The minimum Gasteiger partial charge on any atom is -0.445 e. The minimum atomic E-state index is -2.82. The second kappa shape index (κ2) is 7.19. The predicted molar refractivity (Wildman–Crippen MR) is 68.3 cm³/mol. The summed E-state index contributed by atoms with van der Waals surface area (Å²) in [4.78, 5) is 11.6. The average Bonchev–Trinajstić information content (AvgIpc) is 2.84. The van der Waals surface area contributed by atoms with E-state index >= 15 is 0 Å². The molecular formula is C14H17F2NO3. The van der Waals surface area contributed by atoms with Gasteiger partial charge in [-0.15, -0.1) is 0 Å². The van der Waals surface area contributed by atoms with Crippen molar-refractivity contribution < 1.29 is 23.0 Å². The normalized spacial score (nSPS) is 21.9. The highest BCUT2D eigenvalue weighted by Gasteiger charge is 2.31. The Balaban J connectivity index is 1.76. The molecular weight excluding hydrogens is 268 g/mol. The van der Waals surface area contributed by atoms with Gasteiger partial charge in [0.2, 0.25) is 0 Å². The highest BCUT2D eigenvalue weighted by Crippen LogP contribution is 2.24. The summed E-state index contributed by atoms with van der Waals surface area (Å²) in [5.74, 6) is 0. The Labute approximate surface area is 116 Å². The van der Waals surface area contributed by atoms with E-state index < -0.39 is 24.9 Å². The van der Waals surface area contributed by atoms with Gasteiger partial charge in [0, 0.05) is 0 Å². The van der Waals surface area contributed by atoms with Gasteiger partial charge in [0.15, 0.2) is 0 Å². The molecule has 110 valence electrons. The second-order valence-electron chi connectivity index (χ2n) is 4.68. The number of amides is 1. The predicted octanol–water partition coefficient (Wildman–Crippen LogP) is 3.07. The number of ether oxygens (including phenoxy) is 2. The molecule has 1 saturated carbocycles. The fourth-order valence-corrected chi connectivity index (χ4v) is 2.30. The van der Waals surface area contributed by atoms with Gasteiger partial charge in [-0.05, 0) is 24.8 Å². The number of carbonyl (C=O) groups is 1. The molecule has 20 heavy (non-hydrogen) atoms. The van der Waals surface area contributed by atoms with Gasteiger partial charge in [0.1, 0.15) is 6.61 Å². The summed E-state index contributed by atoms with van der Waals surface area (Å²) in [5, 5.41) is 2.59. The van der Waals surface area contributed by atoms with Crippen molar-refractivity contribution in [3.8, 4) is 0 Å². The zero-order chi connectivity index (χ0) is 14.4. The molecule has 1 fully saturated rings. The lowest BCUT2D eigenvalue weighted by Crippen LogP contribution is -2.41. The number of alkyl carbamates (subject to hydrolysis) is 1. The van der Waals surface area contributed by atoms with Crippen LogP contribution in [0.1, 0.15) is 24.8 Å². The first-order valence-corrected chi connectivity index (χ1v) is 6.56. The summed E-state index contributed by atoms with van der Waals surface area (Å²) in [6.45, 7) is -2.66. The van der Waals surface area contributed by atoms with Crippen molar-refractivity contribution in [3.63, 3.8) is 0 Å². The van der Waals surface area contributed by atoms with Crippen LogP contribution in [0, 0.1) is 0 Å². The molecule has 2 atom stereocenters. The largest absolute Gasteiger partial charge is 0.445 e. The summed E-state index contributed by atoms with van der Waals surface area (Å²) in [6, 6.07) is 8.83. The maximum absolute atomic E-state index is 12.2. The molecule has 1 N–H and O–H groups in total. The van der Waals surface area contributed by atoms with E-state index in [1.807, 2.05) is 30.3 Å². The van der Waals surface area contributed by atoms with Gasteiger partial charge in [0.25, 0.3) is 0 Å². The lowest BCUT2D eigenvalue weighted by Gasteiger charge is -2.20. The van der Waals surface area contributed by atoms with Crippen molar-refractivity contribution in [2.24, 2.45) is 0 Å². The van der Waals surface area contributed by atoms with E-state index in [1.54, 1.807) is 0 Å². The Bertz CT molecular complexity index is 428. The van der Waals surface area contributed by atoms with Gasteiger partial charge >= 0.3 is 12.7 Å². The Morgan fingerprint density at radius 2 is 2.05 bits per heavy atom. The Hall–Kier alpha value is -1.69. The Morgan fingerprint density at radius 3 is 2.75 bits per heavy atom. The lowest BCUT2D eigenvalue weighted by molar-refractivity contribution is -0.165. The van der Waals surface area contributed by atoms with Crippen LogP contribution in [-0.4, -0.2) is 24.9 Å². The number of halogens is 2. The number of alkyl halides is 2. The fraction of sp³-hybridized carbons (Fsp3) is 0.500. The van der Waals surface area contributed by atoms with Gasteiger partial charge in [-0.3, -0.25) is 0 Å². The van der Waals surface area contributed by atoms with Crippen LogP contribution in [0.25, 0.3) is 0 Å². The van der Waals surface area contributed by atoms with Crippen LogP contribution < -0.4 is 5.32 Å². The molecule has 1 aliphatic carbocycles. The summed E-state index contributed by atoms with van der Waals surface area (Å²) in [5.41, 5.74) is 0.870. The van der Waals surface area contributed by atoms with Crippen molar-refractivity contribution in [2.45, 2.75) is 44.6 Å². The van der Waals surface area contributed by atoms with Crippen molar-refractivity contribution in [2.75, 3.05) is 0 Å². The van der Waals surface area contributed by atoms with Gasteiger partial charge < -0.3 is 14.8 Å². The van der Waals surface area contributed by atoms with Crippen LogP contribution >= 0.6 is 0 Å². The maximum Gasteiger partial charge on any atom is 0.407 e. The standard InChI is InChI=1S/C14H17F2NO3/c15-13(16)20-12-8-4-7-11(12)17-14(18)19-9-10-5-2-1-3-6-10/h1-3,5-6,11-13H,4,7-9H2,(H,17,18)/t11-,12+/m0/s1. The second-order valence-corrected chi connectivity index (χ2v) is 4.68. The van der Waals surface area contributed by atoms with E-state index in [2.05, 4.69) is 10.1 Å². The van der Waals surface area contributed by atoms with Crippen molar-refractivity contribution >= 4 is 6.09 Å². The summed E-state index contributed by atoms with van der Waals surface area (Å²) in [7, 11) is 0. The number of benzene rings is 1. The quantitative estimate of drug-likeness (QED) is 0.904. The monoisotopic (exact) mass is 285 g/mol. The van der Waals surface area contributed by atoms with Gasteiger partial charge in [-0.25, -0.2) is 4.79 Å². The van der Waals surface area contributed by atoms with Crippen LogP contribution in [0.4, 0.5) is 13.6 Å². The Morgan fingerprint density at radius 1 is 1.30 bits per heavy atom. The number of hydrogen-bond acceptors (Lipinski definition) is 3. The molecule has 0 aromatic heterocycles. The highest BCUT2D eigenvalue weighted by molar-refractivity contribution is 5.67. The minimum absolute atomic E-state index is 0.153. The molecule has 1 amide bonds. The highest BCUT2D eigenvalue weighted by atomic mass is 19.3. The first-order chi connectivity index (χ1) is 9.65. The van der Waals surface area contributed by atoms with Gasteiger partial charge in [0.05, 0.1) is 12.1 Å². The molecule has 0 saturated heterocycles. The van der Waals surface area contributed by atoms with Crippen LogP contribution in [-0.2, 0) is 16.1 Å². The van der Waals surface area contributed by atoms with E-state index in [1.165, 1.54) is 0 Å². The van der Waals surface area contributed by atoms with Crippen LogP contribution in [0.5, 0.6) is 0 Å². The smallest absolute Gasteiger partial charge is 0.407 e. The molecule has 6 heteroatoms. The molecule has 0 bridgehead atoms. The third kappa shape index (κ3) is 4.45. The third-order valence-electron chi connectivity index (χ3n) is 3.25. The van der Waals surface area contributed by atoms with Crippen LogP contribution in [0.15, 0.2) is 30.3 Å². The van der Waals surface area contributed by atoms with E-state index in [4.69, 9.17) is 4.74 Å². The molecule has 1 aromatic rings. The fourth-order valence-electron chi connectivity index (χ4n) is 2.30. The molecule has 0 radical (unpaired) electrons. The molecule has 1 aromatic carbocycles.